The molecule has 4 aromatic carbocycles. The van der Waals surface area contributed by atoms with Crippen LogP contribution in [0.1, 0.15) is 62.6 Å². The van der Waals surface area contributed by atoms with Crippen molar-refractivity contribution in [3.8, 4) is 11.4 Å². The van der Waals surface area contributed by atoms with Crippen LogP contribution in [0.15, 0.2) is 90.0 Å². The molecule has 0 saturated carbocycles. The zero-order valence-corrected chi connectivity index (χ0v) is 27.2. The summed E-state index contributed by atoms with van der Waals surface area (Å²) in [6.45, 7) is 3.84. The highest BCUT2D eigenvalue weighted by molar-refractivity contribution is 7.92. The number of Topliss-reactive ketones (excluding diaryl/α,β-unsaturated/α-hetero) is 2. The van der Waals surface area contributed by atoms with Gasteiger partial charge in [-0.25, -0.2) is 13.4 Å². The van der Waals surface area contributed by atoms with Crippen LogP contribution in [0.2, 0.25) is 5.02 Å². The number of carbonyl (C=O) groups excluding carboxylic acids is 3. The van der Waals surface area contributed by atoms with Gasteiger partial charge >= 0.3 is 0 Å². The molecule has 6 rings (SSSR count). The molecule has 0 N–H and O–H groups in total. The van der Waals surface area contributed by atoms with E-state index in [9.17, 15) is 22.8 Å². The maximum atomic E-state index is 14.4. The van der Waals surface area contributed by atoms with Crippen LogP contribution in [-0.4, -0.2) is 52.1 Å². The minimum Gasteiger partial charge on any atom is -0.333 e. The van der Waals surface area contributed by atoms with E-state index in [2.05, 4.69) is 11.1 Å². The van der Waals surface area contributed by atoms with E-state index >= 15 is 0 Å². The van der Waals surface area contributed by atoms with Crippen molar-refractivity contribution in [2.24, 2.45) is 7.05 Å². The highest BCUT2D eigenvalue weighted by Crippen LogP contribution is 2.32. The molecule has 46 heavy (non-hydrogen) atoms. The lowest BCUT2D eigenvalue weighted by Crippen LogP contribution is -2.44. The summed E-state index contributed by atoms with van der Waals surface area (Å²) in [4.78, 5) is 46.5. The summed E-state index contributed by atoms with van der Waals surface area (Å²) in [5.41, 5.74) is 3.22. The molecule has 234 valence electrons. The summed E-state index contributed by atoms with van der Waals surface area (Å²) in [5, 5.41) is 1.76. The highest BCUT2D eigenvalue weighted by Gasteiger charge is 2.32. The zero-order chi connectivity index (χ0) is 32.7. The highest BCUT2D eigenvalue weighted by atomic mass is 35.5. The van der Waals surface area contributed by atoms with Crippen molar-refractivity contribution in [2.45, 2.75) is 44.2 Å². The number of imidazole rings is 1. The number of amides is 1. The van der Waals surface area contributed by atoms with Crippen LogP contribution < -0.4 is 0 Å². The molecule has 1 aromatic heterocycles. The Morgan fingerprint density at radius 2 is 1.72 bits per heavy atom. The predicted octanol–water partition coefficient (Wildman–Crippen LogP) is 6.73. The smallest absolute Gasteiger partial charge is 0.255 e. The number of fused-ring (bicyclic) bond motifs is 2. The molecule has 1 amide bonds. The van der Waals surface area contributed by atoms with E-state index in [1.165, 1.54) is 36.8 Å². The molecule has 0 radical (unpaired) electrons. The molecule has 8 nitrogen and oxygen atoms in total. The maximum Gasteiger partial charge on any atom is 0.255 e. The van der Waals surface area contributed by atoms with Crippen molar-refractivity contribution in [1.29, 1.82) is 0 Å². The molecule has 1 aliphatic heterocycles. The number of nitrogens with zero attached hydrogens (tertiary/aromatic N) is 3. The zero-order valence-electron chi connectivity index (χ0n) is 25.7. The largest absolute Gasteiger partial charge is 0.333 e. The van der Waals surface area contributed by atoms with Gasteiger partial charge in [-0.2, -0.15) is 0 Å². The van der Waals surface area contributed by atoms with Gasteiger partial charge in [0.05, 0.1) is 10.5 Å². The molecule has 10 heteroatoms. The molecule has 0 bridgehead atoms. The average Bonchev–Trinajstić information content (AvgIpc) is 3.44. The molecule has 0 saturated heterocycles. The molecule has 1 aliphatic rings. The Balaban J connectivity index is 1.40. The van der Waals surface area contributed by atoms with Gasteiger partial charge in [-0.3, -0.25) is 14.4 Å². The van der Waals surface area contributed by atoms with Crippen LogP contribution >= 0.6 is 11.6 Å². The first-order valence-corrected chi connectivity index (χ1v) is 17.0. The van der Waals surface area contributed by atoms with Gasteiger partial charge in [0, 0.05) is 54.3 Å². The van der Waals surface area contributed by atoms with Crippen molar-refractivity contribution >= 4 is 49.7 Å². The third-order valence-electron chi connectivity index (χ3n) is 8.62. The van der Waals surface area contributed by atoms with Crippen molar-refractivity contribution in [3.05, 3.63) is 118 Å². The first-order valence-electron chi connectivity index (χ1n) is 15.0. The summed E-state index contributed by atoms with van der Waals surface area (Å²) in [7, 11) is -2.32. The van der Waals surface area contributed by atoms with E-state index in [-0.39, 0.29) is 39.4 Å². The molecule has 0 aliphatic carbocycles. The monoisotopic (exact) mass is 653 g/mol. The second-order valence-electron chi connectivity index (χ2n) is 11.7. The Bertz CT molecular complexity index is 2150. The van der Waals surface area contributed by atoms with E-state index in [0.717, 1.165) is 17.4 Å². The Labute approximate surface area is 272 Å². The van der Waals surface area contributed by atoms with E-state index in [1.807, 2.05) is 31.2 Å². The molecule has 0 unspecified atom stereocenters. The van der Waals surface area contributed by atoms with Gasteiger partial charge in [-0.1, -0.05) is 67.1 Å². The average molecular weight is 654 g/mol. The second kappa shape index (κ2) is 12.3. The standard InChI is InChI=1S/C36H32ClN3O5S/c1-4-27-16-24-8-5-6-9-26(24)19-40(27)36(43)31-17-25(13-15-29(31)35-38-33(22(2)41)20-39(35)3)34(42)21-46(44,45)28-14-12-23-10-7-11-32(37)30(23)18-28/h5-15,17-18,20,27H,4,16,19,21H2,1-3H3/t27-/m1/s1. The van der Waals surface area contributed by atoms with Gasteiger partial charge in [-0.05, 0) is 59.7 Å². The fourth-order valence-electron chi connectivity index (χ4n) is 6.07. The number of hydrogen-bond acceptors (Lipinski definition) is 6. The van der Waals surface area contributed by atoms with Gasteiger partial charge in [0.25, 0.3) is 5.91 Å². The minimum atomic E-state index is -4.05. The summed E-state index contributed by atoms with van der Waals surface area (Å²) in [6, 6.07) is 22.4. The Morgan fingerprint density at radius 3 is 2.43 bits per heavy atom. The van der Waals surface area contributed by atoms with Crippen LogP contribution in [0.4, 0.5) is 0 Å². The maximum absolute atomic E-state index is 14.4. The van der Waals surface area contributed by atoms with E-state index in [0.29, 0.717) is 34.8 Å². The van der Waals surface area contributed by atoms with Crippen molar-refractivity contribution < 1.29 is 22.8 Å². The quantitative estimate of drug-likeness (QED) is 0.172. The summed E-state index contributed by atoms with van der Waals surface area (Å²) in [5.74, 6) is -1.58. The van der Waals surface area contributed by atoms with E-state index < -0.39 is 21.4 Å². The third kappa shape index (κ3) is 5.88. The van der Waals surface area contributed by atoms with Crippen LogP contribution in [0.3, 0.4) is 0 Å². The first kappa shape index (κ1) is 31.4. The normalized spacial score (nSPS) is 14.7. The second-order valence-corrected chi connectivity index (χ2v) is 14.0. The van der Waals surface area contributed by atoms with Gasteiger partial charge in [0.2, 0.25) is 0 Å². The Hall–Kier alpha value is -4.60. The van der Waals surface area contributed by atoms with E-state index in [1.54, 1.807) is 47.0 Å². The number of halogens is 1. The topological polar surface area (TPSA) is 106 Å². The number of ketones is 2. The fourth-order valence-corrected chi connectivity index (χ4v) is 7.55. The molecule has 5 aromatic rings. The van der Waals surface area contributed by atoms with Gasteiger partial charge in [0.15, 0.2) is 21.4 Å². The predicted molar refractivity (Wildman–Crippen MR) is 178 cm³/mol. The lowest BCUT2D eigenvalue weighted by atomic mass is 9.91. The molecular formula is C36H32ClN3O5S. The van der Waals surface area contributed by atoms with Crippen LogP contribution in [-0.2, 0) is 29.9 Å². The lowest BCUT2D eigenvalue weighted by molar-refractivity contribution is 0.0635. The minimum absolute atomic E-state index is 0.0167. The number of carbonyl (C=O) groups is 3. The van der Waals surface area contributed by atoms with Crippen LogP contribution in [0.5, 0.6) is 0 Å². The molecule has 1 atom stereocenters. The van der Waals surface area contributed by atoms with E-state index in [4.69, 9.17) is 11.6 Å². The lowest BCUT2D eigenvalue weighted by Gasteiger charge is -2.37. The number of sulfone groups is 1. The van der Waals surface area contributed by atoms with Gasteiger partial charge in [0.1, 0.15) is 17.3 Å². The number of aromatic nitrogens is 2. The summed E-state index contributed by atoms with van der Waals surface area (Å²) in [6.07, 6.45) is 3.01. The van der Waals surface area contributed by atoms with Crippen molar-refractivity contribution in [1.82, 2.24) is 14.5 Å². The number of aryl methyl sites for hydroxylation is 1. The number of rotatable bonds is 8. The molecule has 2 heterocycles. The molecular weight excluding hydrogens is 622 g/mol. The Morgan fingerprint density at radius 1 is 0.957 bits per heavy atom. The van der Waals surface area contributed by atoms with Crippen molar-refractivity contribution in [3.63, 3.8) is 0 Å². The molecule has 0 spiro atoms. The Kier molecular flexibility index (Phi) is 8.39. The van der Waals surface area contributed by atoms with Crippen LogP contribution in [0, 0.1) is 0 Å². The van der Waals surface area contributed by atoms with Crippen molar-refractivity contribution in [2.75, 3.05) is 5.75 Å². The molecule has 0 fully saturated rings. The first-order chi connectivity index (χ1) is 22.0. The third-order valence-corrected chi connectivity index (χ3v) is 10.6. The number of hydrogen-bond donors (Lipinski definition) is 0. The van der Waals surface area contributed by atoms with Gasteiger partial charge < -0.3 is 9.47 Å². The SMILES string of the molecule is CC[C@@H]1Cc2ccccc2CN1C(=O)c1cc(C(=O)CS(=O)(=O)c2ccc3cccc(Cl)c3c2)ccc1-c1nc(C(C)=O)cn1C. The van der Waals surface area contributed by atoms with Gasteiger partial charge in [-0.15, -0.1) is 0 Å². The summed E-state index contributed by atoms with van der Waals surface area (Å²) >= 11 is 6.31. The number of benzene rings is 4. The summed E-state index contributed by atoms with van der Waals surface area (Å²) < 4.78 is 28.6. The fraction of sp³-hybridized carbons (Fsp3) is 0.222. The van der Waals surface area contributed by atoms with Crippen LogP contribution in [0.25, 0.3) is 22.2 Å².